The molecule has 1 heterocycles. The van der Waals surface area contributed by atoms with Gasteiger partial charge in [-0.25, -0.2) is 4.68 Å². The van der Waals surface area contributed by atoms with Crippen molar-refractivity contribution in [3.8, 4) is 5.69 Å². The van der Waals surface area contributed by atoms with E-state index in [2.05, 4.69) is 38.4 Å². The summed E-state index contributed by atoms with van der Waals surface area (Å²) in [6.07, 6.45) is 4.34. The Bertz CT molecular complexity index is 629. The third-order valence-electron chi connectivity index (χ3n) is 3.30. The largest absolute Gasteiger partial charge is 0.481 e. The van der Waals surface area contributed by atoms with Crippen LogP contribution in [0.4, 0.5) is 0 Å². The zero-order valence-electron chi connectivity index (χ0n) is 12.1. The molecule has 0 amide bonds. The van der Waals surface area contributed by atoms with Crippen LogP contribution in [0.25, 0.3) is 5.69 Å². The van der Waals surface area contributed by atoms with Gasteiger partial charge in [0.05, 0.1) is 17.6 Å². The number of hydrogen-bond donors (Lipinski definition) is 1. The lowest BCUT2D eigenvalue weighted by atomic mass is 10.1. The molecule has 0 radical (unpaired) electrons. The number of aryl methyl sites for hydroxylation is 3. The van der Waals surface area contributed by atoms with Gasteiger partial charge in [0.25, 0.3) is 0 Å². The number of carbonyl (C=O) groups is 1. The first kappa shape index (κ1) is 15.7. The van der Waals surface area contributed by atoms with Crippen LogP contribution in [0.15, 0.2) is 22.8 Å². The molecule has 0 saturated carbocycles. The molecule has 0 aliphatic carbocycles. The van der Waals surface area contributed by atoms with Crippen LogP contribution in [0.3, 0.4) is 0 Å². The van der Waals surface area contributed by atoms with Gasteiger partial charge in [-0.15, -0.1) is 5.10 Å². The number of aromatic nitrogens is 3. The summed E-state index contributed by atoms with van der Waals surface area (Å²) < 4.78 is 2.87. The van der Waals surface area contributed by atoms with Gasteiger partial charge < -0.3 is 5.11 Å². The molecule has 6 heteroatoms. The smallest absolute Gasteiger partial charge is 0.303 e. The SMILES string of the molecule is Cc1cc(-n2cc(CCCCC(=O)O)nn2)cc(C)c1Br. The average molecular weight is 352 g/mol. The fourth-order valence-electron chi connectivity index (χ4n) is 2.18. The predicted octanol–water partition coefficient (Wildman–Crippen LogP) is 3.44. The monoisotopic (exact) mass is 351 g/mol. The molecule has 0 bridgehead atoms. The first-order valence-corrected chi connectivity index (χ1v) is 7.67. The number of unbranched alkanes of at least 4 members (excludes halogenated alkanes) is 1. The van der Waals surface area contributed by atoms with Gasteiger partial charge >= 0.3 is 5.97 Å². The van der Waals surface area contributed by atoms with Crippen LogP contribution in [-0.2, 0) is 11.2 Å². The highest BCUT2D eigenvalue weighted by atomic mass is 79.9. The highest BCUT2D eigenvalue weighted by Crippen LogP contribution is 2.24. The number of aliphatic carboxylic acids is 1. The lowest BCUT2D eigenvalue weighted by Gasteiger charge is -2.07. The van der Waals surface area contributed by atoms with Crippen molar-refractivity contribution in [1.82, 2.24) is 15.0 Å². The first-order valence-electron chi connectivity index (χ1n) is 6.87. The van der Waals surface area contributed by atoms with Crippen molar-refractivity contribution < 1.29 is 9.90 Å². The van der Waals surface area contributed by atoms with Gasteiger partial charge in [-0.3, -0.25) is 4.79 Å². The number of benzene rings is 1. The zero-order chi connectivity index (χ0) is 15.4. The van der Waals surface area contributed by atoms with Gasteiger partial charge in [0, 0.05) is 10.9 Å². The second-order valence-corrected chi connectivity index (χ2v) is 5.94. The average Bonchev–Trinajstić information content (AvgIpc) is 2.89. The highest BCUT2D eigenvalue weighted by molar-refractivity contribution is 9.10. The second kappa shape index (κ2) is 6.85. The van der Waals surface area contributed by atoms with E-state index in [4.69, 9.17) is 5.11 Å². The predicted molar refractivity (Wildman–Crippen MR) is 83.7 cm³/mol. The number of nitrogens with zero attached hydrogens (tertiary/aromatic N) is 3. The van der Waals surface area contributed by atoms with E-state index in [0.29, 0.717) is 6.42 Å². The molecule has 5 nitrogen and oxygen atoms in total. The minimum atomic E-state index is -0.750. The van der Waals surface area contributed by atoms with E-state index in [0.717, 1.165) is 39.8 Å². The summed E-state index contributed by atoms with van der Waals surface area (Å²) in [5.41, 5.74) is 4.18. The maximum Gasteiger partial charge on any atom is 0.303 e. The van der Waals surface area contributed by atoms with E-state index in [1.165, 1.54) is 0 Å². The highest BCUT2D eigenvalue weighted by Gasteiger charge is 2.07. The van der Waals surface area contributed by atoms with Crippen molar-refractivity contribution in [1.29, 1.82) is 0 Å². The van der Waals surface area contributed by atoms with Crippen molar-refractivity contribution in [2.45, 2.75) is 39.5 Å². The summed E-state index contributed by atoms with van der Waals surface area (Å²) in [7, 11) is 0. The summed E-state index contributed by atoms with van der Waals surface area (Å²) in [5, 5.41) is 16.9. The molecule has 2 aromatic rings. The van der Waals surface area contributed by atoms with E-state index < -0.39 is 5.97 Å². The number of halogens is 1. The molecule has 1 aromatic carbocycles. The quantitative estimate of drug-likeness (QED) is 0.809. The molecular weight excluding hydrogens is 334 g/mol. The Kier molecular flexibility index (Phi) is 5.12. The normalized spacial score (nSPS) is 10.8. The first-order chi connectivity index (χ1) is 9.97. The second-order valence-electron chi connectivity index (χ2n) is 5.15. The van der Waals surface area contributed by atoms with Crippen LogP contribution in [0, 0.1) is 13.8 Å². The Labute approximate surface area is 132 Å². The van der Waals surface area contributed by atoms with Gasteiger partial charge in [0.2, 0.25) is 0 Å². The summed E-state index contributed by atoms with van der Waals surface area (Å²) in [6.45, 7) is 4.09. The number of hydrogen-bond acceptors (Lipinski definition) is 3. The van der Waals surface area contributed by atoms with Crippen molar-refractivity contribution >= 4 is 21.9 Å². The van der Waals surface area contributed by atoms with Crippen molar-refractivity contribution in [2.75, 3.05) is 0 Å². The Morgan fingerprint density at radius 1 is 1.29 bits per heavy atom. The zero-order valence-corrected chi connectivity index (χ0v) is 13.7. The van der Waals surface area contributed by atoms with Crippen LogP contribution in [0.5, 0.6) is 0 Å². The molecule has 1 N–H and O–H groups in total. The van der Waals surface area contributed by atoms with Crippen molar-refractivity contribution in [2.24, 2.45) is 0 Å². The van der Waals surface area contributed by atoms with Crippen molar-refractivity contribution in [3.63, 3.8) is 0 Å². The van der Waals surface area contributed by atoms with E-state index in [1.807, 2.05) is 20.0 Å². The minimum Gasteiger partial charge on any atom is -0.481 e. The Morgan fingerprint density at radius 3 is 2.57 bits per heavy atom. The van der Waals surface area contributed by atoms with Crippen LogP contribution >= 0.6 is 15.9 Å². The topological polar surface area (TPSA) is 68.0 Å². The molecule has 0 atom stereocenters. The van der Waals surface area contributed by atoms with Gasteiger partial charge in [-0.2, -0.15) is 0 Å². The summed E-state index contributed by atoms with van der Waals surface area (Å²) >= 11 is 3.55. The molecule has 0 aliphatic heterocycles. The minimum absolute atomic E-state index is 0.208. The fraction of sp³-hybridized carbons (Fsp3) is 0.400. The van der Waals surface area contributed by atoms with Crippen LogP contribution < -0.4 is 0 Å². The van der Waals surface area contributed by atoms with E-state index in [-0.39, 0.29) is 6.42 Å². The van der Waals surface area contributed by atoms with Gasteiger partial charge in [0.1, 0.15) is 0 Å². The van der Waals surface area contributed by atoms with Gasteiger partial charge in [0.15, 0.2) is 0 Å². The summed E-state index contributed by atoms with van der Waals surface area (Å²) in [6, 6.07) is 4.11. The summed E-state index contributed by atoms with van der Waals surface area (Å²) in [5.74, 6) is -0.750. The molecule has 1 aromatic heterocycles. The van der Waals surface area contributed by atoms with E-state index in [9.17, 15) is 4.79 Å². The molecule has 0 unspecified atom stereocenters. The standard InChI is InChI=1S/C15H18BrN3O2/c1-10-7-13(8-11(2)15(10)16)19-9-12(17-18-19)5-3-4-6-14(20)21/h7-9H,3-6H2,1-2H3,(H,20,21). The van der Waals surface area contributed by atoms with E-state index in [1.54, 1.807) is 4.68 Å². The number of carboxylic acids is 1. The molecular formula is C15H18BrN3O2. The molecule has 0 spiro atoms. The van der Waals surface area contributed by atoms with Gasteiger partial charge in [-0.1, -0.05) is 21.1 Å². The van der Waals surface area contributed by atoms with E-state index >= 15 is 0 Å². The number of rotatable bonds is 6. The molecule has 21 heavy (non-hydrogen) atoms. The summed E-state index contributed by atoms with van der Waals surface area (Å²) in [4.78, 5) is 10.5. The molecule has 0 fully saturated rings. The maximum atomic E-state index is 10.5. The third-order valence-corrected chi connectivity index (χ3v) is 4.55. The Balaban J connectivity index is 2.04. The molecule has 2 rings (SSSR count). The number of carboxylic acid groups (broad SMARTS) is 1. The van der Waals surface area contributed by atoms with Crippen molar-refractivity contribution in [3.05, 3.63) is 39.6 Å². The Hall–Kier alpha value is -1.69. The lowest BCUT2D eigenvalue weighted by Crippen LogP contribution is -1.97. The fourth-order valence-corrected chi connectivity index (χ4v) is 2.41. The van der Waals surface area contributed by atoms with Crippen LogP contribution in [-0.4, -0.2) is 26.1 Å². The lowest BCUT2D eigenvalue weighted by molar-refractivity contribution is -0.137. The Morgan fingerprint density at radius 2 is 1.95 bits per heavy atom. The van der Waals surface area contributed by atoms with Crippen LogP contribution in [0.2, 0.25) is 0 Å². The van der Waals surface area contributed by atoms with Gasteiger partial charge in [-0.05, 0) is 56.4 Å². The maximum absolute atomic E-state index is 10.5. The molecule has 0 saturated heterocycles. The molecule has 0 aliphatic rings. The third kappa shape index (κ3) is 4.14. The van der Waals surface area contributed by atoms with Crippen LogP contribution in [0.1, 0.15) is 36.1 Å². The molecule has 112 valence electrons.